The zero-order valence-electron chi connectivity index (χ0n) is 13.2. The molecule has 3 N–H and O–H groups in total. The summed E-state index contributed by atoms with van der Waals surface area (Å²) in [6.07, 6.45) is 3.61. The van der Waals surface area contributed by atoms with Crippen LogP contribution in [0.25, 0.3) is 0 Å². The molecule has 7 heteroatoms. The summed E-state index contributed by atoms with van der Waals surface area (Å²) in [6.45, 7) is 3.02. The molecule has 0 unspecified atom stereocenters. The largest absolute Gasteiger partial charge is 0.388 e. The van der Waals surface area contributed by atoms with Crippen LogP contribution in [0.5, 0.6) is 0 Å². The second kappa shape index (κ2) is 9.36. The molecule has 1 aromatic carbocycles. The number of nitrogens with one attached hydrogen (secondary N) is 2. The standard InChI is InChI=1S/C16H23F2N3O.HI/c1-2-19-15(21-11-16(22)7-3-4-8-16)20-10-12-9-13(17)5-6-14(12)18;/h5-6,9,22H,2-4,7-8,10-11H2,1H3,(H2,19,20,21);1H. The van der Waals surface area contributed by atoms with Gasteiger partial charge in [-0.1, -0.05) is 12.8 Å². The molecule has 0 aromatic heterocycles. The summed E-state index contributed by atoms with van der Waals surface area (Å²) in [5.74, 6) is -0.466. The summed E-state index contributed by atoms with van der Waals surface area (Å²) in [6, 6.07) is 3.33. The summed E-state index contributed by atoms with van der Waals surface area (Å²) in [5.41, 5.74) is -0.489. The van der Waals surface area contributed by atoms with Gasteiger partial charge in [0.15, 0.2) is 5.96 Å². The first-order valence-corrected chi connectivity index (χ1v) is 7.71. The second-order valence-corrected chi connectivity index (χ2v) is 5.72. The van der Waals surface area contributed by atoms with Gasteiger partial charge in [-0.25, -0.2) is 13.8 Å². The van der Waals surface area contributed by atoms with Gasteiger partial charge in [0.2, 0.25) is 0 Å². The minimum atomic E-state index is -0.694. The normalized spacial score (nSPS) is 16.8. The fraction of sp³-hybridized carbons (Fsp3) is 0.562. The zero-order valence-corrected chi connectivity index (χ0v) is 15.6. The van der Waals surface area contributed by atoms with E-state index in [1.807, 2.05) is 6.92 Å². The summed E-state index contributed by atoms with van der Waals surface area (Å²) in [4.78, 5) is 4.25. The molecule has 0 bridgehead atoms. The molecule has 0 aliphatic heterocycles. The highest BCUT2D eigenvalue weighted by Crippen LogP contribution is 2.28. The van der Waals surface area contributed by atoms with E-state index in [9.17, 15) is 13.9 Å². The van der Waals surface area contributed by atoms with Crippen molar-refractivity contribution >= 4 is 29.9 Å². The van der Waals surface area contributed by atoms with Gasteiger partial charge in [0.05, 0.1) is 12.1 Å². The van der Waals surface area contributed by atoms with Gasteiger partial charge in [0, 0.05) is 18.7 Å². The molecule has 23 heavy (non-hydrogen) atoms. The van der Waals surface area contributed by atoms with Crippen LogP contribution in [0.3, 0.4) is 0 Å². The van der Waals surface area contributed by atoms with Crippen LogP contribution < -0.4 is 10.6 Å². The summed E-state index contributed by atoms with van der Waals surface area (Å²) in [7, 11) is 0. The van der Waals surface area contributed by atoms with E-state index in [1.54, 1.807) is 0 Å². The lowest BCUT2D eigenvalue weighted by Gasteiger charge is -2.23. The Labute approximate surface area is 152 Å². The Hall–Kier alpha value is -0.960. The van der Waals surface area contributed by atoms with Gasteiger partial charge in [0.25, 0.3) is 0 Å². The molecule has 0 amide bonds. The molecule has 1 aliphatic carbocycles. The third-order valence-electron chi connectivity index (χ3n) is 3.88. The number of guanidine groups is 1. The van der Waals surface area contributed by atoms with Crippen molar-refractivity contribution in [3.05, 3.63) is 35.4 Å². The first-order chi connectivity index (χ1) is 10.5. The maximum Gasteiger partial charge on any atom is 0.191 e. The maximum absolute atomic E-state index is 13.6. The lowest BCUT2D eigenvalue weighted by molar-refractivity contribution is 0.0522. The minimum Gasteiger partial charge on any atom is -0.388 e. The average molecular weight is 439 g/mol. The van der Waals surface area contributed by atoms with Crippen molar-refractivity contribution in [1.82, 2.24) is 10.6 Å². The molecule has 0 atom stereocenters. The Bertz CT molecular complexity index is 534. The predicted octanol–water partition coefficient (Wildman–Crippen LogP) is 2.94. The molecule has 4 nitrogen and oxygen atoms in total. The highest BCUT2D eigenvalue weighted by atomic mass is 127. The van der Waals surface area contributed by atoms with Gasteiger partial charge in [0.1, 0.15) is 11.6 Å². The van der Waals surface area contributed by atoms with E-state index in [4.69, 9.17) is 0 Å². The molecule has 1 aliphatic rings. The van der Waals surface area contributed by atoms with Crippen LogP contribution in [0.4, 0.5) is 8.78 Å². The van der Waals surface area contributed by atoms with Crippen LogP contribution in [0.1, 0.15) is 38.2 Å². The average Bonchev–Trinajstić information content (AvgIpc) is 2.92. The monoisotopic (exact) mass is 439 g/mol. The van der Waals surface area contributed by atoms with Crippen molar-refractivity contribution in [2.75, 3.05) is 13.1 Å². The highest BCUT2D eigenvalue weighted by Gasteiger charge is 2.30. The van der Waals surface area contributed by atoms with E-state index < -0.39 is 17.2 Å². The van der Waals surface area contributed by atoms with E-state index in [0.29, 0.717) is 19.0 Å². The van der Waals surface area contributed by atoms with E-state index >= 15 is 0 Å². The van der Waals surface area contributed by atoms with E-state index in [1.165, 1.54) is 0 Å². The number of aliphatic imine (C=N–C) groups is 1. The molecule has 0 saturated heterocycles. The van der Waals surface area contributed by atoms with Gasteiger partial charge >= 0.3 is 0 Å². The molecule has 1 saturated carbocycles. The molecular weight excluding hydrogens is 415 g/mol. The Balaban J connectivity index is 0.00000264. The van der Waals surface area contributed by atoms with E-state index in [2.05, 4.69) is 15.6 Å². The molecule has 130 valence electrons. The smallest absolute Gasteiger partial charge is 0.191 e. The van der Waals surface area contributed by atoms with Crippen molar-refractivity contribution in [3.8, 4) is 0 Å². The number of hydrogen-bond donors (Lipinski definition) is 3. The van der Waals surface area contributed by atoms with E-state index in [0.717, 1.165) is 43.9 Å². The van der Waals surface area contributed by atoms with Crippen LogP contribution in [-0.2, 0) is 6.54 Å². The van der Waals surface area contributed by atoms with Crippen molar-refractivity contribution < 1.29 is 13.9 Å². The Kier molecular flexibility index (Phi) is 8.18. The summed E-state index contributed by atoms with van der Waals surface area (Å²) < 4.78 is 26.7. The molecule has 0 radical (unpaired) electrons. The number of aliphatic hydroxyl groups is 1. The Morgan fingerprint density at radius 3 is 2.61 bits per heavy atom. The number of benzene rings is 1. The third-order valence-corrected chi connectivity index (χ3v) is 3.88. The van der Waals surface area contributed by atoms with Crippen LogP contribution >= 0.6 is 24.0 Å². The number of halogens is 3. The van der Waals surface area contributed by atoms with Crippen molar-refractivity contribution in [2.24, 2.45) is 4.99 Å². The predicted molar refractivity (Wildman–Crippen MR) is 98.0 cm³/mol. The van der Waals surface area contributed by atoms with Gasteiger partial charge in [-0.2, -0.15) is 0 Å². The fourth-order valence-electron chi connectivity index (χ4n) is 2.63. The quantitative estimate of drug-likeness (QED) is 0.376. The number of hydrogen-bond acceptors (Lipinski definition) is 2. The van der Waals surface area contributed by atoms with Gasteiger partial charge < -0.3 is 15.7 Å². The van der Waals surface area contributed by atoms with Gasteiger partial charge in [-0.15, -0.1) is 24.0 Å². The molecular formula is C16H24F2IN3O. The molecule has 1 fully saturated rings. The number of rotatable bonds is 5. The first kappa shape index (κ1) is 20.1. The molecule has 0 spiro atoms. The van der Waals surface area contributed by atoms with E-state index in [-0.39, 0.29) is 36.1 Å². The highest BCUT2D eigenvalue weighted by molar-refractivity contribution is 14.0. The first-order valence-electron chi connectivity index (χ1n) is 7.71. The zero-order chi connectivity index (χ0) is 16.0. The molecule has 1 aromatic rings. The summed E-state index contributed by atoms with van der Waals surface area (Å²) in [5, 5.41) is 16.4. The topological polar surface area (TPSA) is 56.7 Å². The van der Waals surface area contributed by atoms with Crippen LogP contribution in [0.15, 0.2) is 23.2 Å². The van der Waals surface area contributed by atoms with Crippen LogP contribution in [0, 0.1) is 11.6 Å². The van der Waals surface area contributed by atoms with Gasteiger partial charge in [-0.3, -0.25) is 0 Å². The van der Waals surface area contributed by atoms with Crippen LogP contribution in [0.2, 0.25) is 0 Å². The summed E-state index contributed by atoms with van der Waals surface area (Å²) >= 11 is 0. The van der Waals surface area contributed by atoms with Crippen molar-refractivity contribution in [3.63, 3.8) is 0 Å². The lowest BCUT2D eigenvalue weighted by atomic mass is 10.0. The Morgan fingerprint density at radius 2 is 1.96 bits per heavy atom. The van der Waals surface area contributed by atoms with Crippen LogP contribution in [-0.4, -0.2) is 29.8 Å². The lowest BCUT2D eigenvalue weighted by Crippen LogP contribution is -2.46. The minimum absolute atomic E-state index is 0. The van der Waals surface area contributed by atoms with Crippen molar-refractivity contribution in [2.45, 2.75) is 44.8 Å². The third kappa shape index (κ3) is 6.21. The maximum atomic E-state index is 13.6. The van der Waals surface area contributed by atoms with Gasteiger partial charge in [-0.05, 0) is 38.0 Å². The second-order valence-electron chi connectivity index (χ2n) is 5.72. The van der Waals surface area contributed by atoms with Crippen molar-refractivity contribution in [1.29, 1.82) is 0 Å². The molecule has 0 heterocycles. The number of nitrogens with zero attached hydrogens (tertiary/aromatic N) is 1. The fourth-order valence-corrected chi connectivity index (χ4v) is 2.63. The Morgan fingerprint density at radius 1 is 1.26 bits per heavy atom. The molecule has 2 rings (SSSR count). The SMILES string of the molecule is CCNC(=NCc1cc(F)ccc1F)NCC1(O)CCCC1.I.